The van der Waals surface area contributed by atoms with Gasteiger partial charge in [0.05, 0.1) is 28.9 Å². The summed E-state index contributed by atoms with van der Waals surface area (Å²) in [6, 6.07) is 3.84. The number of amides is 1. The van der Waals surface area contributed by atoms with E-state index in [4.69, 9.17) is 23.1 Å². The summed E-state index contributed by atoms with van der Waals surface area (Å²) in [6.45, 7) is 1.75. The van der Waals surface area contributed by atoms with E-state index in [1.54, 1.807) is 6.92 Å². The third-order valence-electron chi connectivity index (χ3n) is 2.31. The fourth-order valence-electron chi connectivity index (χ4n) is 1.25. The number of benzene rings is 1. The number of terminal acetylenes is 1. The number of aromatic carboxylic acids is 1. The smallest absolute Gasteiger partial charge is 0.335 e. The third kappa shape index (κ3) is 4.62. The number of hydrogen-bond acceptors (Lipinski definition) is 3. The zero-order chi connectivity index (χ0) is 14.4. The lowest BCUT2D eigenvalue weighted by Gasteiger charge is -2.10. The highest BCUT2D eigenvalue weighted by atomic mass is 35.5. The van der Waals surface area contributed by atoms with Crippen molar-refractivity contribution < 1.29 is 14.7 Å². The highest BCUT2D eigenvalue weighted by Crippen LogP contribution is 2.22. The molecule has 1 amide bonds. The van der Waals surface area contributed by atoms with E-state index < -0.39 is 5.97 Å². The summed E-state index contributed by atoms with van der Waals surface area (Å²) in [7, 11) is 0. The van der Waals surface area contributed by atoms with Crippen molar-refractivity contribution in [3.8, 4) is 12.3 Å². The highest BCUT2D eigenvalue weighted by Gasteiger charge is 2.10. The van der Waals surface area contributed by atoms with Crippen LogP contribution in [0.5, 0.6) is 0 Å². The van der Waals surface area contributed by atoms with E-state index in [-0.39, 0.29) is 34.8 Å². The maximum Gasteiger partial charge on any atom is 0.335 e. The fraction of sp³-hybridized carbons (Fsp3) is 0.231. The topological polar surface area (TPSA) is 78.4 Å². The van der Waals surface area contributed by atoms with Crippen LogP contribution in [0.2, 0.25) is 5.02 Å². The molecule has 0 aliphatic carbocycles. The zero-order valence-corrected chi connectivity index (χ0v) is 11.0. The molecule has 1 aromatic rings. The van der Waals surface area contributed by atoms with Crippen LogP contribution >= 0.6 is 11.6 Å². The second kappa shape index (κ2) is 6.78. The van der Waals surface area contributed by atoms with E-state index in [0.29, 0.717) is 0 Å². The lowest BCUT2D eigenvalue weighted by atomic mass is 10.2. The molecule has 0 aliphatic heterocycles. The van der Waals surface area contributed by atoms with Crippen LogP contribution in [0, 0.1) is 12.3 Å². The zero-order valence-electron chi connectivity index (χ0n) is 10.2. The summed E-state index contributed by atoms with van der Waals surface area (Å²) in [5, 5.41) is 14.4. The number of carboxylic acid groups (broad SMARTS) is 1. The molecule has 6 heteroatoms. The number of hydrogen-bond donors (Lipinski definition) is 3. The van der Waals surface area contributed by atoms with Crippen molar-refractivity contribution in [1.82, 2.24) is 5.32 Å². The molecule has 0 aliphatic rings. The van der Waals surface area contributed by atoms with Gasteiger partial charge in [-0.25, -0.2) is 4.79 Å². The van der Waals surface area contributed by atoms with Crippen LogP contribution in [0.25, 0.3) is 0 Å². The minimum Gasteiger partial charge on any atom is -0.478 e. The molecule has 1 unspecified atom stereocenters. The predicted molar refractivity (Wildman–Crippen MR) is 73.3 cm³/mol. The Morgan fingerprint density at radius 3 is 2.79 bits per heavy atom. The van der Waals surface area contributed by atoms with E-state index in [2.05, 4.69) is 16.6 Å². The molecular weight excluding hydrogens is 268 g/mol. The average Bonchev–Trinajstić information content (AvgIpc) is 2.38. The average molecular weight is 281 g/mol. The molecule has 0 spiro atoms. The molecule has 0 aromatic heterocycles. The lowest BCUT2D eigenvalue weighted by Crippen LogP contribution is -2.33. The van der Waals surface area contributed by atoms with Crippen LogP contribution in [0.1, 0.15) is 17.3 Å². The van der Waals surface area contributed by atoms with Gasteiger partial charge in [-0.3, -0.25) is 10.1 Å². The van der Waals surface area contributed by atoms with Crippen LogP contribution in [0.15, 0.2) is 18.2 Å². The Morgan fingerprint density at radius 1 is 1.53 bits per heavy atom. The van der Waals surface area contributed by atoms with Crippen molar-refractivity contribution in [3.05, 3.63) is 28.8 Å². The van der Waals surface area contributed by atoms with E-state index in [0.717, 1.165) is 0 Å². The molecule has 1 atom stereocenters. The van der Waals surface area contributed by atoms with Gasteiger partial charge in [-0.15, -0.1) is 6.42 Å². The molecule has 19 heavy (non-hydrogen) atoms. The van der Waals surface area contributed by atoms with Gasteiger partial charge >= 0.3 is 5.97 Å². The third-order valence-corrected chi connectivity index (χ3v) is 2.64. The lowest BCUT2D eigenvalue weighted by molar-refractivity contribution is -0.115. The molecule has 3 N–H and O–H groups in total. The van der Waals surface area contributed by atoms with Crippen molar-refractivity contribution in [2.24, 2.45) is 0 Å². The molecule has 1 aromatic carbocycles. The van der Waals surface area contributed by atoms with Gasteiger partial charge in [0.2, 0.25) is 5.91 Å². The first kappa shape index (κ1) is 15.0. The molecule has 0 saturated carbocycles. The monoisotopic (exact) mass is 280 g/mol. The molecule has 0 fully saturated rings. The van der Waals surface area contributed by atoms with Crippen LogP contribution in [0.3, 0.4) is 0 Å². The maximum absolute atomic E-state index is 11.6. The van der Waals surface area contributed by atoms with Crippen LogP contribution in [0.4, 0.5) is 5.69 Å². The number of carbonyl (C=O) groups is 2. The van der Waals surface area contributed by atoms with Crippen molar-refractivity contribution in [1.29, 1.82) is 0 Å². The standard InChI is InChI=1S/C13H13ClN2O3/c1-3-8(2)15-7-12(17)16-11-6-9(13(18)19)4-5-10(11)14/h1,4-6,8,15H,7H2,2H3,(H,16,17)(H,18,19). The van der Waals surface area contributed by atoms with Gasteiger partial charge in [-0.1, -0.05) is 17.5 Å². The summed E-state index contributed by atoms with van der Waals surface area (Å²) < 4.78 is 0. The Balaban J connectivity index is 2.71. The molecule has 0 heterocycles. The summed E-state index contributed by atoms with van der Waals surface area (Å²) in [5.74, 6) is 0.978. The van der Waals surface area contributed by atoms with Crippen LogP contribution in [-0.4, -0.2) is 29.6 Å². The molecule has 5 nitrogen and oxygen atoms in total. The molecule has 1 rings (SSSR count). The summed E-state index contributed by atoms with van der Waals surface area (Å²) in [4.78, 5) is 22.4. The van der Waals surface area contributed by atoms with E-state index in [1.165, 1.54) is 18.2 Å². The van der Waals surface area contributed by atoms with Crippen molar-refractivity contribution >= 4 is 29.2 Å². The summed E-state index contributed by atoms with van der Waals surface area (Å²) in [6.07, 6.45) is 5.16. The van der Waals surface area contributed by atoms with Crippen molar-refractivity contribution in [2.75, 3.05) is 11.9 Å². The van der Waals surface area contributed by atoms with E-state index >= 15 is 0 Å². The minimum absolute atomic E-state index is 0.0129. The molecule has 0 bridgehead atoms. The largest absolute Gasteiger partial charge is 0.478 e. The van der Waals surface area contributed by atoms with E-state index in [1.807, 2.05) is 0 Å². The van der Waals surface area contributed by atoms with Crippen molar-refractivity contribution in [2.45, 2.75) is 13.0 Å². The summed E-state index contributed by atoms with van der Waals surface area (Å²) >= 11 is 5.87. The molecule has 0 radical (unpaired) electrons. The Labute approximate surface area is 116 Å². The number of carboxylic acids is 1. The summed E-state index contributed by atoms with van der Waals surface area (Å²) in [5.41, 5.74) is 0.298. The normalized spacial score (nSPS) is 11.4. The first-order chi connectivity index (χ1) is 8.93. The SMILES string of the molecule is C#CC(C)NCC(=O)Nc1cc(C(=O)O)ccc1Cl. The number of rotatable bonds is 5. The molecule has 100 valence electrons. The second-order valence-electron chi connectivity index (χ2n) is 3.82. The Kier molecular flexibility index (Phi) is 5.37. The predicted octanol–water partition coefficient (Wildman–Crippen LogP) is 1.59. The maximum atomic E-state index is 11.6. The van der Waals surface area contributed by atoms with E-state index in [9.17, 15) is 9.59 Å². The van der Waals surface area contributed by atoms with Crippen LogP contribution < -0.4 is 10.6 Å². The highest BCUT2D eigenvalue weighted by molar-refractivity contribution is 6.33. The van der Waals surface area contributed by atoms with Gasteiger partial charge < -0.3 is 10.4 Å². The van der Waals surface area contributed by atoms with Gasteiger partial charge in [0, 0.05) is 0 Å². The Hall–Kier alpha value is -2.03. The fourth-order valence-corrected chi connectivity index (χ4v) is 1.42. The van der Waals surface area contributed by atoms with Crippen LogP contribution in [-0.2, 0) is 4.79 Å². The van der Waals surface area contributed by atoms with Gasteiger partial charge in [-0.2, -0.15) is 0 Å². The Bertz CT molecular complexity index is 537. The first-order valence-electron chi connectivity index (χ1n) is 5.46. The van der Waals surface area contributed by atoms with Gasteiger partial charge in [0.1, 0.15) is 0 Å². The second-order valence-corrected chi connectivity index (χ2v) is 4.22. The molecule has 0 saturated heterocycles. The first-order valence-corrected chi connectivity index (χ1v) is 5.84. The number of halogens is 1. The minimum atomic E-state index is -1.09. The number of anilines is 1. The van der Waals surface area contributed by atoms with Crippen molar-refractivity contribution in [3.63, 3.8) is 0 Å². The quantitative estimate of drug-likeness (QED) is 0.716. The van der Waals surface area contributed by atoms with Gasteiger partial charge in [-0.05, 0) is 25.1 Å². The number of carbonyl (C=O) groups excluding carboxylic acids is 1. The van der Waals surface area contributed by atoms with Gasteiger partial charge in [0.25, 0.3) is 0 Å². The molecular formula is C13H13ClN2O3. The number of nitrogens with one attached hydrogen (secondary N) is 2. The Morgan fingerprint density at radius 2 is 2.21 bits per heavy atom. The van der Waals surface area contributed by atoms with Gasteiger partial charge in [0.15, 0.2) is 0 Å².